The molecule has 0 aromatic heterocycles. The Bertz CT molecular complexity index is 400. The van der Waals surface area contributed by atoms with Gasteiger partial charge in [-0.15, -0.1) is 0 Å². The van der Waals surface area contributed by atoms with E-state index in [-0.39, 0.29) is 0 Å². The molecule has 0 heterocycles. The van der Waals surface area contributed by atoms with Crippen LogP contribution in [0.5, 0.6) is 0 Å². The molecule has 1 aliphatic carbocycles. The van der Waals surface area contributed by atoms with Crippen LogP contribution in [0.2, 0.25) is 0 Å². The molecule has 1 aromatic rings. The molecule has 0 spiro atoms. The van der Waals surface area contributed by atoms with E-state index in [0.29, 0.717) is 5.92 Å². The van der Waals surface area contributed by atoms with Crippen LogP contribution in [0.3, 0.4) is 0 Å². The zero-order chi connectivity index (χ0) is 12.5. The van der Waals surface area contributed by atoms with Gasteiger partial charge in [0.25, 0.3) is 0 Å². The SMILES string of the molecule is CNCCC1(O)CCc2ccc(C(C)C)cc21. The number of nitrogens with one attached hydrogen (secondary N) is 1. The molecule has 2 heteroatoms. The van der Waals surface area contributed by atoms with Crippen LogP contribution < -0.4 is 5.32 Å². The van der Waals surface area contributed by atoms with Gasteiger partial charge in [-0.25, -0.2) is 0 Å². The van der Waals surface area contributed by atoms with Crippen LogP contribution in [0.1, 0.15) is 49.3 Å². The molecule has 2 nitrogen and oxygen atoms in total. The van der Waals surface area contributed by atoms with Crippen molar-refractivity contribution in [3.05, 3.63) is 34.9 Å². The number of hydrogen-bond donors (Lipinski definition) is 2. The molecule has 0 aliphatic heterocycles. The highest BCUT2D eigenvalue weighted by atomic mass is 16.3. The highest BCUT2D eigenvalue weighted by Crippen LogP contribution is 2.40. The minimum absolute atomic E-state index is 0.523. The molecule has 0 saturated heterocycles. The predicted molar refractivity (Wildman–Crippen MR) is 71.3 cm³/mol. The zero-order valence-corrected chi connectivity index (χ0v) is 11.1. The molecule has 1 unspecified atom stereocenters. The summed E-state index contributed by atoms with van der Waals surface area (Å²) in [6.45, 7) is 5.26. The lowest BCUT2D eigenvalue weighted by Crippen LogP contribution is -2.27. The predicted octanol–water partition coefficient (Wildman–Crippen LogP) is 2.55. The average Bonchev–Trinajstić information content (AvgIpc) is 2.65. The van der Waals surface area contributed by atoms with Crippen molar-refractivity contribution in [1.82, 2.24) is 5.32 Å². The lowest BCUT2D eigenvalue weighted by atomic mass is 9.89. The van der Waals surface area contributed by atoms with Gasteiger partial charge in [-0.2, -0.15) is 0 Å². The molecule has 1 aliphatic rings. The smallest absolute Gasteiger partial charge is 0.0914 e. The maximum absolute atomic E-state index is 10.7. The van der Waals surface area contributed by atoms with Crippen molar-refractivity contribution < 1.29 is 5.11 Å². The van der Waals surface area contributed by atoms with E-state index in [0.717, 1.165) is 25.8 Å². The number of aryl methyl sites for hydroxylation is 1. The highest BCUT2D eigenvalue weighted by molar-refractivity contribution is 5.41. The van der Waals surface area contributed by atoms with Gasteiger partial charge in [-0.3, -0.25) is 0 Å². The number of hydrogen-bond acceptors (Lipinski definition) is 2. The normalized spacial score (nSPS) is 23.1. The summed E-state index contributed by atoms with van der Waals surface area (Å²) in [5.74, 6) is 0.523. The van der Waals surface area contributed by atoms with E-state index in [9.17, 15) is 5.11 Å². The van der Waals surface area contributed by atoms with Crippen molar-refractivity contribution >= 4 is 0 Å². The molecule has 2 N–H and O–H groups in total. The monoisotopic (exact) mass is 233 g/mol. The Hall–Kier alpha value is -0.860. The maximum atomic E-state index is 10.7. The van der Waals surface area contributed by atoms with E-state index in [2.05, 4.69) is 37.4 Å². The second-order valence-electron chi connectivity index (χ2n) is 5.46. The van der Waals surface area contributed by atoms with Crippen LogP contribution >= 0.6 is 0 Å². The average molecular weight is 233 g/mol. The first-order valence-corrected chi connectivity index (χ1v) is 6.57. The standard InChI is InChI=1S/C15H23NO/c1-11(2)13-5-4-12-6-7-15(17,8-9-16-3)14(12)10-13/h4-5,10-11,16-17H,6-9H2,1-3H3. The molecule has 2 rings (SSSR count). The van der Waals surface area contributed by atoms with E-state index < -0.39 is 5.60 Å². The van der Waals surface area contributed by atoms with Crippen molar-refractivity contribution in [3.63, 3.8) is 0 Å². The Morgan fingerprint density at radius 2 is 2.18 bits per heavy atom. The van der Waals surface area contributed by atoms with Gasteiger partial charge in [-0.05, 0) is 55.5 Å². The zero-order valence-electron chi connectivity index (χ0n) is 11.1. The molecule has 1 atom stereocenters. The van der Waals surface area contributed by atoms with Crippen molar-refractivity contribution in [2.24, 2.45) is 0 Å². The van der Waals surface area contributed by atoms with Gasteiger partial charge in [0.15, 0.2) is 0 Å². The molecule has 17 heavy (non-hydrogen) atoms. The minimum atomic E-state index is -0.608. The van der Waals surface area contributed by atoms with E-state index in [1.165, 1.54) is 16.7 Å². The van der Waals surface area contributed by atoms with E-state index in [4.69, 9.17) is 0 Å². The first-order chi connectivity index (χ1) is 8.07. The second kappa shape index (κ2) is 4.79. The van der Waals surface area contributed by atoms with Crippen molar-refractivity contribution in [1.29, 1.82) is 0 Å². The van der Waals surface area contributed by atoms with Gasteiger partial charge >= 0.3 is 0 Å². The third-order valence-electron chi connectivity index (χ3n) is 3.90. The largest absolute Gasteiger partial charge is 0.385 e. The molecule has 0 radical (unpaired) electrons. The van der Waals surface area contributed by atoms with Crippen LogP contribution in [0.15, 0.2) is 18.2 Å². The molecule has 0 fully saturated rings. The second-order valence-corrected chi connectivity index (χ2v) is 5.46. The fourth-order valence-electron chi connectivity index (χ4n) is 2.67. The molecule has 0 amide bonds. The first kappa shape index (κ1) is 12.6. The summed E-state index contributed by atoms with van der Waals surface area (Å²) in [4.78, 5) is 0. The lowest BCUT2D eigenvalue weighted by molar-refractivity contribution is 0.0302. The Morgan fingerprint density at radius 3 is 2.82 bits per heavy atom. The maximum Gasteiger partial charge on any atom is 0.0914 e. The van der Waals surface area contributed by atoms with Crippen LogP contribution in [0, 0.1) is 0 Å². The van der Waals surface area contributed by atoms with Crippen molar-refractivity contribution in [2.45, 2.75) is 44.6 Å². The summed E-state index contributed by atoms with van der Waals surface area (Å²) < 4.78 is 0. The number of aliphatic hydroxyl groups is 1. The van der Waals surface area contributed by atoms with Gasteiger partial charge < -0.3 is 10.4 Å². The Morgan fingerprint density at radius 1 is 1.41 bits per heavy atom. The van der Waals surface area contributed by atoms with Gasteiger partial charge in [0, 0.05) is 0 Å². The lowest BCUT2D eigenvalue weighted by Gasteiger charge is -2.24. The summed E-state index contributed by atoms with van der Waals surface area (Å²) in [6.07, 6.45) is 2.68. The van der Waals surface area contributed by atoms with Crippen LogP contribution in [-0.2, 0) is 12.0 Å². The quantitative estimate of drug-likeness (QED) is 0.837. The Labute approximate surface area is 104 Å². The number of fused-ring (bicyclic) bond motifs is 1. The van der Waals surface area contributed by atoms with Gasteiger partial charge in [0.2, 0.25) is 0 Å². The molecule has 94 valence electrons. The number of rotatable bonds is 4. The van der Waals surface area contributed by atoms with E-state index in [1.54, 1.807) is 0 Å². The fraction of sp³-hybridized carbons (Fsp3) is 0.600. The third-order valence-corrected chi connectivity index (χ3v) is 3.90. The Kier molecular flexibility index (Phi) is 3.55. The summed E-state index contributed by atoms with van der Waals surface area (Å²) in [7, 11) is 1.93. The minimum Gasteiger partial charge on any atom is -0.385 e. The van der Waals surface area contributed by atoms with E-state index >= 15 is 0 Å². The fourth-order valence-corrected chi connectivity index (χ4v) is 2.67. The first-order valence-electron chi connectivity index (χ1n) is 6.57. The Balaban J connectivity index is 2.31. The van der Waals surface area contributed by atoms with E-state index in [1.807, 2.05) is 7.05 Å². The summed E-state index contributed by atoms with van der Waals surface area (Å²) in [6, 6.07) is 6.61. The van der Waals surface area contributed by atoms with Gasteiger partial charge in [0.1, 0.15) is 0 Å². The molecular weight excluding hydrogens is 210 g/mol. The van der Waals surface area contributed by atoms with Gasteiger partial charge in [0.05, 0.1) is 5.60 Å². The van der Waals surface area contributed by atoms with Crippen LogP contribution in [0.25, 0.3) is 0 Å². The van der Waals surface area contributed by atoms with Gasteiger partial charge in [-0.1, -0.05) is 32.0 Å². The van der Waals surface area contributed by atoms with Crippen LogP contribution in [0.4, 0.5) is 0 Å². The molecule has 1 aromatic carbocycles. The molecule has 0 saturated carbocycles. The molecular formula is C15H23NO. The summed E-state index contributed by atoms with van der Waals surface area (Å²) in [5.41, 5.74) is 3.21. The third kappa shape index (κ3) is 2.38. The van der Waals surface area contributed by atoms with Crippen molar-refractivity contribution in [2.75, 3.05) is 13.6 Å². The summed E-state index contributed by atoms with van der Waals surface area (Å²) >= 11 is 0. The topological polar surface area (TPSA) is 32.3 Å². The number of benzene rings is 1. The highest BCUT2D eigenvalue weighted by Gasteiger charge is 2.36. The molecule has 0 bridgehead atoms. The summed E-state index contributed by atoms with van der Waals surface area (Å²) in [5, 5.41) is 13.9. The van der Waals surface area contributed by atoms with Crippen LogP contribution in [-0.4, -0.2) is 18.7 Å². The van der Waals surface area contributed by atoms with Crippen molar-refractivity contribution in [3.8, 4) is 0 Å².